The van der Waals surface area contributed by atoms with E-state index in [4.69, 9.17) is 4.74 Å². The molecule has 0 atom stereocenters. The van der Waals surface area contributed by atoms with Crippen molar-refractivity contribution in [3.05, 3.63) is 279 Å². The normalized spacial score (nSPS) is 11.0. The third-order valence-electron chi connectivity index (χ3n) is 12.7. The van der Waals surface area contributed by atoms with E-state index >= 15 is 0 Å². The molecule has 0 aliphatic rings. The van der Waals surface area contributed by atoms with Gasteiger partial charge in [0.2, 0.25) is 0 Å². The number of ether oxygens (including phenoxy) is 1. The Morgan fingerprint density at radius 1 is 0.380 bits per heavy atom. The molecule has 0 spiro atoms. The fourth-order valence-corrected chi connectivity index (χ4v) is 9.33. The van der Waals surface area contributed by atoms with Crippen LogP contribution in [0.4, 0.5) is 0 Å². The van der Waals surface area contributed by atoms with Gasteiger partial charge in [-0.25, -0.2) is 0 Å². The summed E-state index contributed by atoms with van der Waals surface area (Å²) in [6.07, 6.45) is 5.66. The van der Waals surface area contributed by atoms with Crippen LogP contribution in [0.2, 0.25) is 0 Å². The minimum atomic E-state index is 0. The zero-order valence-electron chi connectivity index (χ0n) is 38.4. The molecule has 340 valence electrons. The van der Waals surface area contributed by atoms with Crippen molar-refractivity contribution in [3.8, 4) is 101 Å². The average molecular weight is 1090 g/mol. The maximum atomic E-state index is 6.48. The van der Waals surface area contributed by atoms with Crippen molar-refractivity contribution in [2.24, 2.45) is 0 Å². The van der Waals surface area contributed by atoms with Gasteiger partial charge in [0.05, 0.1) is 16.7 Å². The number of imidazole rings is 1. The summed E-state index contributed by atoms with van der Waals surface area (Å²) >= 11 is 0. The van der Waals surface area contributed by atoms with Crippen molar-refractivity contribution >= 4 is 11.0 Å². The zero-order valence-corrected chi connectivity index (χ0v) is 40.7. The topological polar surface area (TPSA) is 30.9 Å². The van der Waals surface area contributed by atoms with Crippen LogP contribution in [-0.4, -0.2) is 9.55 Å². The molecular formula is C66H43N3OPt-2. The number of nitrogens with zero attached hydrogens (tertiary/aromatic N) is 3. The molecule has 0 fully saturated rings. The number of fused-ring (bicyclic) bond motifs is 1. The molecule has 0 radical (unpaired) electrons. The monoisotopic (exact) mass is 1090 g/mol. The van der Waals surface area contributed by atoms with Gasteiger partial charge in [-0.15, -0.1) is 35.9 Å². The number of rotatable bonds is 11. The molecule has 0 aliphatic heterocycles. The van der Waals surface area contributed by atoms with E-state index in [1.165, 1.54) is 0 Å². The van der Waals surface area contributed by atoms with Crippen LogP contribution in [0, 0.1) is 18.5 Å². The maximum Gasteiger partial charge on any atom is 0.268 e. The minimum absolute atomic E-state index is 0. The number of hydrogen-bond acceptors (Lipinski definition) is 2. The van der Waals surface area contributed by atoms with Crippen LogP contribution in [0.3, 0.4) is 0 Å². The second kappa shape index (κ2) is 20.1. The van der Waals surface area contributed by atoms with Crippen molar-refractivity contribution in [2.75, 3.05) is 0 Å². The Labute approximate surface area is 428 Å². The minimum Gasteiger partial charge on any atom is -0.503 e. The molecule has 0 saturated heterocycles. The summed E-state index contributed by atoms with van der Waals surface area (Å²) in [4.78, 5) is 4.53. The van der Waals surface area contributed by atoms with Gasteiger partial charge in [-0.3, -0.25) is 4.57 Å². The molecule has 0 aliphatic carbocycles. The van der Waals surface area contributed by atoms with E-state index in [2.05, 4.69) is 233 Å². The fraction of sp³-hybridized carbons (Fsp3) is 0. The molecule has 10 aromatic carbocycles. The fourth-order valence-electron chi connectivity index (χ4n) is 9.33. The van der Waals surface area contributed by atoms with Crippen LogP contribution < -0.4 is 9.30 Å². The molecule has 0 saturated carbocycles. The largest absolute Gasteiger partial charge is 0.503 e. The van der Waals surface area contributed by atoms with Gasteiger partial charge in [0, 0.05) is 38.8 Å². The summed E-state index contributed by atoms with van der Waals surface area (Å²) in [7, 11) is 0. The first-order valence-corrected chi connectivity index (χ1v) is 23.4. The smallest absolute Gasteiger partial charge is 0.268 e. The number of para-hydroxylation sites is 3. The molecule has 12 aromatic rings. The summed E-state index contributed by atoms with van der Waals surface area (Å²) in [5, 5.41) is 0. The summed E-state index contributed by atoms with van der Waals surface area (Å²) in [5.74, 6) is 1.13. The molecule has 5 heteroatoms. The van der Waals surface area contributed by atoms with Gasteiger partial charge in [-0.1, -0.05) is 182 Å². The summed E-state index contributed by atoms with van der Waals surface area (Å²) in [6.45, 7) is 0. The molecule has 0 bridgehead atoms. The zero-order chi connectivity index (χ0) is 46.6. The number of hydrogen-bond donors (Lipinski definition) is 0. The van der Waals surface area contributed by atoms with E-state index in [1.807, 2.05) is 54.6 Å². The molecule has 0 unspecified atom stereocenters. The third kappa shape index (κ3) is 9.30. The Bertz CT molecular complexity index is 3520. The first kappa shape index (κ1) is 44.8. The summed E-state index contributed by atoms with van der Waals surface area (Å²) in [5.41, 5.74) is 18.8. The van der Waals surface area contributed by atoms with Crippen LogP contribution in [0.25, 0.3) is 100 Å². The Morgan fingerprint density at radius 3 is 1.35 bits per heavy atom. The molecule has 12 rings (SSSR count). The quantitative estimate of drug-likeness (QED) is 0.0955. The molecular weight excluding hydrogens is 1050 g/mol. The van der Waals surface area contributed by atoms with Crippen LogP contribution in [0.5, 0.6) is 11.5 Å². The van der Waals surface area contributed by atoms with Gasteiger partial charge in [-0.05, 0) is 121 Å². The Balaban J connectivity index is 0.00000547. The summed E-state index contributed by atoms with van der Waals surface area (Å²) < 4.78 is 10.8. The molecule has 0 amide bonds. The van der Waals surface area contributed by atoms with Gasteiger partial charge in [0.25, 0.3) is 6.33 Å². The van der Waals surface area contributed by atoms with E-state index in [0.717, 1.165) is 100 Å². The number of aromatic nitrogens is 3. The Hall–Kier alpha value is -8.69. The molecule has 2 heterocycles. The van der Waals surface area contributed by atoms with Crippen LogP contribution in [0.15, 0.2) is 261 Å². The van der Waals surface area contributed by atoms with Crippen molar-refractivity contribution in [3.63, 3.8) is 0 Å². The molecule has 0 N–H and O–H groups in total. The van der Waals surface area contributed by atoms with Crippen molar-refractivity contribution < 1.29 is 30.4 Å². The third-order valence-corrected chi connectivity index (χ3v) is 12.7. The van der Waals surface area contributed by atoms with E-state index < -0.39 is 0 Å². The SMILES string of the molecule is [Pt].[c-]1c(Oc2[c-]c(-n3[c-][n+](-c4c(-c5cc(-c6ccccc6)cc(-c6ccccc6)c5)cccc4-c4cc(-c5ccccc5)cc(-c5ccccc5)c4)c4ccccc43)ccc2)cccc1-c1ccccn1. The predicted molar refractivity (Wildman–Crippen MR) is 284 cm³/mol. The first-order valence-electron chi connectivity index (χ1n) is 23.4. The molecule has 2 aromatic heterocycles. The number of benzene rings is 10. The first-order chi connectivity index (χ1) is 34.7. The Morgan fingerprint density at radius 2 is 0.831 bits per heavy atom. The van der Waals surface area contributed by atoms with Crippen molar-refractivity contribution in [2.45, 2.75) is 0 Å². The van der Waals surface area contributed by atoms with Gasteiger partial charge in [0.1, 0.15) is 0 Å². The summed E-state index contributed by atoms with van der Waals surface area (Å²) in [6, 6.07) is 96.4. The van der Waals surface area contributed by atoms with Crippen molar-refractivity contribution in [1.82, 2.24) is 9.55 Å². The van der Waals surface area contributed by atoms with Crippen LogP contribution in [-0.2, 0) is 21.1 Å². The van der Waals surface area contributed by atoms with Gasteiger partial charge < -0.3 is 14.3 Å². The van der Waals surface area contributed by atoms with Crippen molar-refractivity contribution in [1.29, 1.82) is 0 Å². The van der Waals surface area contributed by atoms with E-state index in [1.54, 1.807) is 6.20 Å². The standard InChI is InChI=1S/C66H43N3O.Pt/c1-5-20-47(21-6-1)52-38-53(48-22-7-2-8-23-48)41-56(40-52)61-32-19-33-62(57-42-54(49-24-9-3-10-25-49)39-55(43-57)50-26-11-4-12-27-50)66(61)69-46-68(64-35-13-14-36-65(64)69)58-29-18-31-60(45-58)70-59-30-17-28-51(44-59)63-34-15-16-37-67-63;/h1-43H;/q-2;. The second-order valence-corrected chi connectivity index (χ2v) is 17.2. The molecule has 71 heavy (non-hydrogen) atoms. The molecule has 4 nitrogen and oxygen atoms in total. The van der Waals surface area contributed by atoms with Crippen LogP contribution >= 0.6 is 0 Å². The van der Waals surface area contributed by atoms with E-state index in [-0.39, 0.29) is 21.1 Å². The van der Waals surface area contributed by atoms with E-state index in [9.17, 15) is 0 Å². The number of pyridine rings is 1. The van der Waals surface area contributed by atoms with Crippen LogP contribution in [0.1, 0.15) is 0 Å². The average Bonchev–Trinajstić information content (AvgIpc) is 3.83. The van der Waals surface area contributed by atoms with Gasteiger partial charge in [-0.2, -0.15) is 12.1 Å². The second-order valence-electron chi connectivity index (χ2n) is 17.2. The van der Waals surface area contributed by atoms with Gasteiger partial charge in [0.15, 0.2) is 0 Å². The van der Waals surface area contributed by atoms with Gasteiger partial charge >= 0.3 is 0 Å². The predicted octanol–water partition coefficient (Wildman–Crippen LogP) is 16.2. The van der Waals surface area contributed by atoms with E-state index in [0.29, 0.717) is 11.5 Å². The Kier molecular flexibility index (Phi) is 12.7. The maximum absolute atomic E-state index is 6.48.